The molecule has 0 atom stereocenters. The quantitative estimate of drug-likeness (QED) is 0.600. The van der Waals surface area contributed by atoms with Gasteiger partial charge in [0.2, 0.25) is 5.91 Å². The average molecular weight is 491 g/mol. The number of ether oxygens (including phenoxy) is 1. The van der Waals surface area contributed by atoms with Gasteiger partial charge in [0.15, 0.2) is 11.5 Å². The number of halogens is 1. The summed E-state index contributed by atoms with van der Waals surface area (Å²) in [5, 5.41) is 12.1. The fourth-order valence-corrected chi connectivity index (χ4v) is 4.21. The molecule has 30 heavy (non-hydrogen) atoms. The predicted octanol–water partition coefficient (Wildman–Crippen LogP) is 4.46. The fraction of sp³-hybridized carbons (Fsp3) is 0.190. The van der Waals surface area contributed by atoms with Crippen LogP contribution in [-0.4, -0.2) is 40.7 Å². The van der Waals surface area contributed by atoms with Gasteiger partial charge in [-0.05, 0) is 76.9 Å². The van der Waals surface area contributed by atoms with E-state index in [0.717, 1.165) is 27.8 Å². The third kappa shape index (κ3) is 4.68. The van der Waals surface area contributed by atoms with Crippen molar-refractivity contribution in [3.05, 3.63) is 56.4 Å². The Morgan fingerprint density at radius 2 is 2.00 bits per heavy atom. The Morgan fingerprint density at radius 3 is 2.67 bits per heavy atom. The molecule has 1 fully saturated rings. The molecule has 0 aromatic heterocycles. The maximum Gasteiger partial charge on any atom is 0.294 e. The van der Waals surface area contributed by atoms with Crippen LogP contribution in [0.3, 0.4) is 0 Å². The molecule has 2 aromatic rings. The number of rotatable bonds is 5. The van der Waals surface area contributed by atoms with Crippen LogP contribution < -0.4 is 10.1 Å². The van der Waals surface area contributed by atoms with E-state index in [2.05, 4.69) is 21.2 Å². The van der Waals surface area contributed by atoms with Gasteiger partial charge in [-0.15, -0.1) is 0 Å². The molecule has 3 rings (SSSR count). The minimum absolute atomic E-state index is 0.0641. The van der Waals surface area contributed by atoms with E-state index in [4.69, 9.17) is 4.74 Å². The number of carbonyl (C=O) groups is 3. The highest BCUT2D eigenvalue weighted by atomic mass is 79.9. The summed E-state index contributed by atoms with van der Waals surface area (Å²) in [7, 11) is 1.41. The van der Waals surface area contributed by atoms with Crippen molar-refractivity contribution in [2.24, 2.45) is 0 Å². The van der Waals surface area contributed by atoms with Crippen molar-refractivity contribution in [3.8, 4) is 11.5 Å². The van der Waals surface area contributed by atoms with Gasteiger partial charge in [-0.1, -0.05) is 17.7 Å². The zero-order valence-corrected chi connectivity index (χ0v) is 18.9. The number of nitrogens with one attached hydrogen (secondary N) is 1. The third-order valence-electron chi connectivity index (χ3n) is 4.40. The van der Waals surface area contributed by atoms with Gasteiger partial charge >= 0.3 is 0 Å². The Kier molecular flexibility index (Phi) is 6.52. The Morgan fingerprint density at radius 1 is 1.27 bits per heavy atom. The SMILES string of the molecule is COc1cc(/C=C2/SC(=O)N(CC(=O)Nc3ccc(C)cc3C)C2=O)cc(Br)c1O. The number of anilines is 1. The molecule has 0 aliphatic carbocycles. The Balaban J connectivity index is 1.75. The van der Waals surface area contributed by atoms with Gasteiger partial charge in [0.05, 0.1) is 16.5 Å². The number of amides is 3. The number of hydrogen-bond donors (Lipinski definition) is 2. The van der Waals surface area contributed by atoms with E-state index < -0.39 is 17.1 Å². The second kappa shape index (κ2) is 8.93. The highest BCUT2D eigenvalue weighted by Gasteiger charge is 2.36. The number of imide groups is 1. The number of thioether (sulfide) groups is 1. The predicted molar refractivity (Wildman–Crippen MR) is 120 cm³/mol. The summed E-state index contributed by atoms with van der Waals surface area (Å²) in [6, 6.07) is 8.73. The molecular formula is C21H19BrN2O5S. The molecule has 3 amide bonds. The van der Waals surface area contributed by atoms with E-state index in [9.17, 15) is 19.5 Å². The van der Waals surface area contributed by atoms with Crippen molar-refractivity contribution in [2.45, 2.75) is 13.8 Å². The van der Waals surface area contributed by atoms with Crippen LogP contribution >= 0.6 is 27.7 Å². The molecule has 1 heterocycles. The normalized spacial score (nSPS) is 15.1. The van der Waals surface area contributed by atoms with Crippen LogP contribution in [0.1, 0.15) is 16.7 Å². The maximum absolute atomic E-state index is 12.7. The highest BCUT2D eigenvalue weighted by Crippen LogP contribution is 2.38. The van der Waals surface area contributed by atoms with Crippen molar-refractivity contribution < 1.29 is 24.2 Å². The second-order valence-electron chi connectivity index (χ2n) is 6.69. The first kappa shape index (κ1) is 21.9. The molecule has 1 saturated heterocycles. The molecule has 0 saturated carbocycles. The van der Waals surface area contributed by atoms with Crippen molar-refractivity contribution in [1.29, 1.82) is 0 Å². The van der Waals surface area contributed by atoms with E-state index in [1.54, 1.807) is 18.2 Å². The summed E-state index contributed by atoms with van der Waals surface area (Å²) in [5.74, 6) is -0.850. The fourth-order valence-electron chi connectivity index (χ4n) is 2.91. The molecule has 9 heteroatoms. The molecule has 1 aliphatic heterocycles. The van der Waals surface area contributed by atoms with Crippen LogP contribution in [0.4, 0.5) is 10.5 Å². The lowest BCUT2D eigenvalue weighted by Gasteiger charge is -2.14. The molecule has 0 radical (unpaired) electrons. The summed E-state index contributed by atoms with van der Waals surface area (Å²) < 4.78 is 5.48. The van der Waals surface area contributed by atoms with Crippen molar-refractivity contribution in [2.75, 3.05) is 19.0 Å². The number of phenolic OH excluding ortho intramolecular Hbond substituents is 1. The zero-order valence-electron chi connectivity index (χ0n) is 16.5. The molecule has 0 bridgehead atoms. The summed E-state index contributed by atoms with van der Waals surface area (Å²) >= 11 is 3.97. The topological polar surface area (TPSA) is 95.9 Å². The van der Waals surface area contributed by atoms with E-state index in [0.29, 0.717) is 15.7 Å². The molecular weight excluding hydrogens is 472 g/mol. The monoisotopic (exact) mass is 490 g/mol. The van der Waals surface area contributed by atoms with Crippen LogP contribution in [-0.2, 0) is 9.59 Å². The van der Waals surface area contributed by atoms with E-state index in [1.807, 2.05) is 26.0 Å². The molecule has 0 unspecified atom stereocenters. The lowest BCUT2D eigenvalue weighted by molar-refractivity contribution is -0.127. The minimum atomic E-state index is -0.552. The molecule has 0 spiro atoms. The number of aromatic hydroxyl groups is 1. The molecule has 1 aliphatic rings. The third-order valence-corrected chi connectivity index (χ3v) is 5.91. The molecule has 7 nitrogen and oxygen atoms in total. The molecule has 156 valence electrons. The number of hydrogen-bond acceptors (Lipinski definition) is 6. The molecule has 2 N–H and O–H groups in total. The van der Waals surface area contributed by atoms with Gasteiger partial charge < -0.3 is 15.2 Å². The van der Waals surface area contributed by atoms with Crippen LogP contribution in [0.2, 0.25) is 0 Å². The standard InChI is InChI=1S/C21H19BrN2O5S/c1-11-4-5-15(12(2)6-11)23-18(25)10-24-20(27)17(30-21(24)28)9-13-7-14(22)19(26)16(8-13)29-3/h4-9,26H,10H2,1-3H3,(H,23,25)/b17-9+. The first-order valence-electron chi connectivity index (χ1n) is 8.88. The molecule has 2 aromatic carbocycles. The smallest absolute Gasteiger partial charge is 0.294 e. The van der Waals surface area contributed by atoms with E-state index >= 15 is 0 Å². The Bertz CT molecular complexity index is 1080. The summed E-state index contributed by atoms with van der Waals surface area (Å²) in [6.45, 7) is 3.45. The van der Waals surface area contributed by atoms with Gasteiger partial charge in [-0.3, -0.25) is 19.3 Å². The van der Waals surface area contributed by atoms with Crippen molar-refractivity contribution in [3.63, 3.8) is 0 Å². The van der Waals surface area contributed by atoms with E-state index in [1.165, 1.54) is 13.2 Å². The first-order valence-corrected chi connectivity index (χ1v) is 10.5. The number of nitrogens with zero attached hydrogens (tertiary/aromatic N) is 1. The summed E-state index contributed by atoms with van der Waals surface area (Å²) in [5.41, 5.74) is 3.15. The minimum Gasteiger partial charge on any atom is -0.503 e. The Labute approximate surface area is 186 Å². The van der Waals surface area contributed by atoms with Gasteiger partial charge in [0.1, 0.15) is 6.54 Å². The number of aryl methyl sites for hydroxylation is 2. The van der Waals surface area contributed by atoms with Crippen molar-refractivity contribution in [1.82, 2.24) is 4.90 Å². The summed E-state index contributed by atoms with van der Waals surface area (Å²) in [4.78, 5) is 38.4. The van der Waals surface area contributed by atoms with Gasteiger partial charge in [0, 0.05) is 5.69 Å². The lowest BCUT2D eigenvalue weighted by Crippen LogP contribution is -2.36. The summed E-state index contributed by atoms with van der Waals surface area (Å²) in [6.07, 6.45) is 1.51. The highest BCUT2D eigenvalue weighted by molar-refractivity contribution is 9.10. The average Bonchev–Trinajstić information content (AvgIpc) is 2.94. The largest absolute Gasteiger partial charge is 0.503 e. The van der Waals surface area contributed by atoms with Crippen LogP contribution in [0, 0.1) is 13.8 Å². The first-order chi connectivity index (χ1) is 14.2. The number of phenols is 1. The zero-order chi connectivity index (χ0) is 22.0. The Hall–Kier alpha value is -2.78. The maximum atomic E-state index is 12.7. The van der Waals surface area contributed by atoms with Crippen LogP contribution in [0.15, 0.2) is 39.7 Å². The van der Waals surface area contributed by atoms with Crippen LogP contribution in [0.25, 0.3) is 6.08 Å². The van der Waals surface area contributed by atoms with Crippen molar-refractivity contribution >= 4 is 56.5 Å². The van der Waals surface area contributed by atoms with Gasteiger partial charge in [0.25, 0.3) is 11.1 Å². The van der Waals surface area contributed by atoms with Crippen LogP contribution in [0.5, 0.6) is 11.5 Å². The second-order valence-corrected chi connectivity index (χ2v) is 8.54. The number of methoxy groups -OCH3 is 1. The van der Waals surface area contributed by atoms with E-state index in [-0.39, 0.29) is 22.9 Å². The lowest BCUT2D eigenvalue weighted by atomic mass is 10.1. The van der Waals surface area contributed by atoms with Gasteiger partial charge in [-0.25, -0.2) is 0 Å². The number of benzene rings is 2. The van der Waals surface area contributed by atoms with Gasteiger partial charge in [-0.2, -0.15) is 0 Å². The number of carbonyl (C=O) groups excluding carboxylic acids is 3.